The van der Waals surface area contributed by atoms with Crippen LogP contribution in [0.2, 0.25) is 0 Å². The standard InChI is InChI=1S/C17H20N2O4S/c1-17(2,16(21)22)19(3)14(20)11-24-10-13-9-23-15(18-13)12-7-5-4-6-8-12/h4-9H,10-11H2,1-3H3,(H,21,22). The lowest BCUT2D eigenvalue weighted by molar-refractivity contribution is -0.154. The molecule has 0 atom stereocenters. The maximum absolute atomic E-state index is 12.1. The van der Waals surface area contributed by atoms with Crippen LogP contribution in [0, 0.1) is 0 Å². The number of benzene rings is 1. The molecule has 0 spiro atoms. The van der Waals surface area contributed by atoms with Crippen LogP contribution in [0.15, 0.2) is 41.0 Å². The van der Waals surface area contributed by atoms with Gasteiger partial charge in [0, 0.05) is 18.4 Å². The maximum atomic E-state index is 12.1. The number of carboxylic acids is 1. The third-order valence-corrected chi connectivity index (χ3v) is 4.73. The Bertz CT molecular complexity index is 712. The Balaban J connectivity index is 1.88. The Labute approximate surface area is 144 Å². The number of amides is 1. The fourth-order valence-corrected chi connectivity index (χ4v) is 2.69. The summed E-state index contributed by atoms with van der Waals surface area (Å²) in [6.07, 6.45) is 1.57. The normalized spacial score (nSPS) is 11.3. The van der Waals surface area contributed by atoms with Crippen molar-refractivity contribution in [3.63, 3.8) is 0 Å². The Morgan fingerprint density at radius 3 is 2.58 bits per heavy atom. The summed E-state index contributed by atoms with van der Waals surface area (Å²) in [4.78, 5) is 28.9. The second kappa shape index (κ2) is 7.53. The number of carbonyl (C=O) groups is 2. The lowest BCUT2D eigenvalue weighted by Crippen LogP contribution is -2.51. The molecule has 2 aromatic rings. The molecule has 0 saturated heterocycles. The van der Waals surface area contributed by atoms with E-state index in [2.05, 4.69) is 4.98 Å². The summed E-state index contributed by atoms with van der Waals surface area (Å²) in [6.45, 7) is 3.00. The third kappa shape index (κ3) is 4.17. The molecular weight excluding hydrogens is 328 g/mol. The van der Waals surface area contributed by atoms with Gasteiger partial charge in [0.1, 0.15) is 11.8 Å². The van der Waals surface area contributed by atoms with Gasteiger partial charge in [-0.3, -0.25) is 4.79 Å². The Morgan fingerprint density at radius 1 is 1.29 bits per heavy atom. The van der Waals surface area contributed by atoms with Crippen LogP contribution in [0.5, 0.6) is 0 Å². The molecule has 1 aromatic carbocycles. The summed E-state index contributed by atoms with van der Waals surface area (Å²) in [7, 11) is 1.50. The van der Waals surface area contributed by atoms with Crippen molar-refractivity contribution < 1.29 is 19.1 Å². The van der Waals surface area contributed by atoms with E-state index in [4.69, 9.17) is 9.52 Å². The van der Waals surface area contributed by atoms with E-state index < -0.39 is 11.5 Å². The molecule has 0 unspecified atom stereocenters. The number of hydrogen-bond donors (Lipinski definition) is 1. The van der Waals surface area contributed by atoms with Crippen LogP contribution in [0.4, 0.5) is 0 Å². The molecule has 1 aromatic heterocycles. The number of aliphatic carboxylic acids is 1. The Hall–Kier alpha value is -2.28. The quantitative estimate of drug-likeness (QED) is 0.828. The van der Waals surface area contributed by atoms with E-state index in [0.29, 0.717) is 11.6 Å². The molecule has 0 aliphatic heterocycles. The van der Waals surface area contributed by atoms with Crippen molar-refractivity contribution in [2.75, 3.05) is 12.8 Å². The topological polar surface area (TPSA) is 83.6 Å². The number of nitrogens with zero attached hydrogens (tertiary/aromatic N) is 2. The molecule has 2 rings (SSSR count). The summed E-state index contributed by atoms with van der Waals surface area (Å²) in [5.41, 5.74) is 0.408. The average molecular weight is 348 g/mol. The molecule has 128 valence electrons. The van der Waals surface area contributed by atoms with Gasteiger partial charge in [0.05, 0.1) is 11.4 Å². The number of carboxylic acid groups (broad SMARTS) is 1. The van der Waals surface area contributed by atoms with E-state index >= 15 is 0 Å². The van der Waals surface area contributed by atoms with Crippen molar-refractivity contribution in [1.29, 1.82) is 0 Å². The number of rotatable bonds is 7. The van der Waals surface area contributed by atoms with Crippen LogP contribution < -0.4 is 0 Å². The molecule has 1 N–H and O–H groups in total. The van der Waals surface area contributed by atoms with E-state index in [1.54, 1.807) is 6.26 Å². The fourth-order valence-electron chi connectivity index (χ4n) is 1.88. The molecule has 1 heterocycles. The second-order valence-electron chi connectivity index (χ2n) is 5.82. The van der Waals surface area contributed by atoms with Crippen molar-refractivity contribution in [2.24, 2.45) is 0 Å². The molecule has 24 heavy (non-hydrogen) atoms. The van der Waals surface area contributed by atoms with Gasteiger partial charge >= 0.3 is 5.97 Å². The van der Waals surface area contributed by atoms with Gasteiger partial charge in [0.15, 0.2) is 0 Å². The van der Waals surface area contributed by atoms with E-state index in [0.717, 1.165) is 11.3 Å². The van der Waals surface area contributed by atoms with Crippen molar-refractivity contribution in [3.05, 3.63) is 42.3 Å². The lowest BCUT2D eigenvalue weighted by Gasteiger charge is -2.31. The number of thioether (sulfide) groups is 1. The predicted molar refractivity (Wildman–Crippen MR) is 92.6 cm³/mol. The van der Waals surface area contributed by atoms with E-state index in [9.17, 15) is 9.59 Å². The number of carbonyl (C=O) groups excluding carboxylic acids is 1. The zero-order valence-electron chi connectivity index (χ0n) is 13.9. The first kappa shape index (κ1) is 18.1. The van der Waals surface area contributed by atoms with E-state index in [1.165, 1.54) is 37.6 Å². The van der Waals surface area contributed by atoms with Gasteiger partial charge in [-0.15, -0.1) is 11.8 Å². The van der Waals surface area contributed by atoms with E-state index in [-0.39, 0.29) is 11.7 Å². The molecule has 6 nitrogen and oxygen atoms in total. The highest BCUT2D eigenvalue weighted by Crippen LogP contribution is 2.21. The summed E-state index contributed by atoms with van der Waals surface area (Å²) in [5, 5.41) is 9.15. The highest BCUT2D eigenvalue weighted by atomic mass is 32.2. The second-order valence-corrected chi connectivity index (χ2v) is 6.81. The minimum atomic E-state index is -1.23. The molecule has 1 amide bonds. The lowest BCUT2D eigenvalue weighted by atomic mass is 10.0. The first-order valence-corrected chi connectivity index (χ1v) is 8.55. The predicted octanol–water partition coefficient (Wildman–Crippen LogP) is 2.90. The van der Waals surface area contributed by atoms with Gasteiger partial charge in [-0.1, -0.05) is 18.2 Å². The minimum Gasteiger partial charge on any atom is -0.480 e. The third-order valence-electron chi connectivity index (χ3n) is 3.78. The first-order valence-electron chi connectivity index (χ1n) is 7.40. The summed E-state index contributed by atoms with van der Waals surface area (Å²) >= 11 is 1.37. The zero-order valence-corrected chi connectivity index (χ0v) is 14.7. The van der Waals surface area contributed by atoms with Gasteiger partial charge in [-0.05, 0) is 26.0 Å². The number of likely N-dealkylation sites (N-methyl/N-ethyl adjacent to an activating group) is 1. The van der Waals surface area contributed by atoms with Crippen LogP contribution in [0.25, 0.3) is 11.5 Å². The molecular formula is C17H20N2O4S. The average Bonchev–Trinajstić information content (AvgIpc) is 3.03. The van der Waals surface area contributed by atoms with Crippen LogP contribution >= 0.6 is 11.8 Å². The van der Waals surface area contributed by atoms with Gasteiger partial charge in [0.25, 0.3) is 0 Å². The zero-order chi connectivity index (χ0) is 17.7. The summed E-state index contributed by atoms with van der Waals surface area (Å²) in [6, 6.07) is 9.56. The van der Waals surface area contributed by atoms with Gasteiger partial charge in [-0.2, -0.15) is 0 Å². The molecule has 7 heteroatoms. The molecule has 0 aliphatic carbocycles. The van der Waals surface area contributed by atoms with Crippen LogP contribution in [0.3, 0.4) is 0 Å². The number of aromatic nitrogens is 1. The van der Waals surface area contributed by atoms with Gasteiger partial charge in [0.2, 0.25) is 11.8 Å². The van der Waals surface area contributed by atoms with Crippen LogP contribution in [-0.4, -0.2) is 45.2 Å². The highest BCUT2D eigenvalue weighted by Gasteiger charge is 2.34. The number of oxazole rings is 1. The largest absolute Gasteiger partial charge is 0.480 e. The monoisotopic (exact) mass is 348 g/mol. The molecule has 0 radical (unpaired) electrons. The molecule has 0 aliphatic rings. The Morgan fingerprint density at radius 2 is 1.96 bits per heavy atom. The maximum Gasteiger partial charge on any atom is 0.329 e. The SMILES string of the molecule is CN(C(=O)CSCc1coc(-c2ccccc2)n1)C(C)(C)C(=O)O. The van der Waals surface area contributed by atoms with Crippen molar-refractivity contribution in [3.8, 4) is 11.5 Å². The van der Waals surface area contributed by atoms with Crippen LogP contribution in [-0.2, 0) is 15.3 Å². The molecule has 0 bridgehead atoms. The van der Waals surface area contributed by atoms with E-state index in [1.807, 2.05) is 30.3 Å². The first-order chi connectivity index (χ1) is 11.3. The molecule has 0 saturated carbocycles. The summed E-state index contributed by atoms with van der Waals surface area (Å²) in [5.74, 6) is -0.0300. The van der Waals surface area contributed by atoms with Crippen LogP contribution in [0.1, 0.15) is 19.5 Å². The highest BCUT2D eigenvalue weighted by molar-refractivity contribution is 7.99. The van der Waals surface area contributed by atoms with Crippen molar-refractivity contribution in [1.82, 2.24) is 9.88 Å². The van der Waals surface area contributed by atoms with Gasteiger partial charge in [-0.25, -0.2) is 9.78 Å². The smallest absolute Gasteiger partial charge is 0.329 e. The Kier molecular flexibility index (Phi) is 5.66. The number of hydrogen-bond acceptors (Lipinski definition) is 5. The minimum absolute atomic E-state index is 0.181. The van der Waals surface area contributed by atoms with Crippen molar-refractivity contribution in [2.45, 2.75) is 25.1 Å². The molecule has 0 fully saturated rings. The summed E-state index contributed by atoms with van der Waals surface area (Å²) < 4.78 is 5.44. The van der Waals surface area contributed by atoms with Gasteiger partial charge < -0.3 is 14.4 Å². The van der Waals surface area contributed by atoms with Crippen molar-refractivity contribution >= 4 is 23.6 Å². The fraction of sp³-hybridized carbons (Fsp3) is 0.353.